The van der Waals surface area contributed by atoms with Gasteiger partial charge in [-0.05, 0) is 32.3 Å². The minimum atomic E-state index is -0.395. The molecule has 1 saturated heterocycles. The van der Waals surface area contributed by atoms with E-state index in [-0.39, 0.29) is 0 Å². The van der Waals surface area contributed by atoms with Gasteiger partial charge in [0.25, 0.3) is 0 Å². The second-order valence-electron chi connectivity index (χ2n) is 4.69. The summed E-state index contributed by atoms with van der Waals surface area (Å²) in [4.78, 5) is 0. The number of benzene rings is 1. The van der Waals surface area contributed by atoms with Crippen molar-refractivity contribution >= 4 is 0 Å². The van der Waals surface area contributed by atoms with Gasteiger partial charge in [-0.1, -0.05) is 30.3 Å². The first-order valence-corrected chi connectivity index (χ1v) is 6.04. The van der Waals surface area contributed by atoms with Crippen molar-refractivity contribution in [1.82, 2.24) is 0 Å². The van der Waals surface area contributed by atoms with Gasteiger partial charge >= 0.3 is 0 Å². The van der Waals surface area contributed by atoms with E-state index in [0.29, 0.717) is 6.10 Å². The molecule has 1 aromatic carbocycles. The molecule has 0 amide bonds. The topological polar surface area (TPSA) is 18.5 Å². The van der Waals surface area contributed by atoms with E-state index >= 15 is 0 Å². The number of aryl methyl sites for hydroxylation is 1. The molecule has 0 radical (unpaired) electrons. The molecule has 0 spiro atoms. The molecule has 0 aliphatic carbocycles. The first kappa shape index (κ1) is 11.6. The Bertz CT molecular complexity index is 323. The molecular weight excluding hydrogens is 200 g/mol. The van der Waals surface area contributed by atoms with Crippen LogP contribution in [-0.4, -0.2) is 18.5 Å². The minimum absolute atomic E-state index is 0.314. The van der Waals surface area contributed by atoms with Crippen LogP contribution in [0.4, 0.5) is 0 Å². The summed E-state index contributed by atoms with van der Waals surface area (Å²) in [6, 6.07) is 10.5. The van der Waals surface area contributed by atoms with E-state index in [1.54, 1.807) is 0 Å². The average molecular weight is 220 g/mol. The van der Waals surface area contributed by atoms with Gasteiger partial charge in [-0.2, -0.15) is 0 Å². The molecule has 2 rings (SSSR count). The molecule has 1 aliphatic rings. The van der Waals surface area contributed by atoms with Gasteiger partial charge in [-0.25, -0.2) is 0 Å². The van der Waals surface area contributed by atoms with Gasteiger partial charge in [-0.3, -0.25) is 0 Å². The van der Waals surface area contributed by atoms with Crippen LogP contribution in [0.5, 0.6) is 0 Å². The third-order valence-electron chi connectivity index (χ3n) is 3.09. The molecule has 88 valence electrons. The second-order valence-corrected chi connectivity index (χ2v) is 4.69. The Morgan fingerprint density at radius 3 is 2.75 bits per heavy atom. The normalized spacial score (nSPS) is 30.2. The molecule has 1 aliphatic heterocycles. The SMILES string of the molecule is C[C@@H]1CCO[C@](C)(CCc2ccccc2)O1. The van der Waals surface area contributed by atoms with Crippen LogP contribution in [0.2, 0.25) is 0 Å². The molecular formula is C14H20O2. The molecule has 2 heteroatoms. The standard InChI is InChI=1S/C14H20O2/c1-12-9-11-15-14(2,16-12)10-8-13-6-4-3-5-7-13/h3-7,12H,8-11H2,1-2H3/t12-,14+/m1/s1. The summed E-state index contributed by atoms with van der Waals surface area (Å²) in [6.45, 7) is 4.97. The van der Waals surface area contributed by atoms with Crippen LogP contribution in [0.15, 0.2) is 30.3 Å². The maximum atomic E-state index is 5.87. The second kappa shape index (κ2) is 4.98. The van der Waals surface area contributed by atoms with Crippen molar-refractivity contribution in [2.45, 2.75) is 45.0 Å². The first-order chi connectivity index (χ1) is 7.68. The van der Waals surface area contributed by atoms with Gasteiger partial charge in [0, 0.05) is 6.42 Å². The molecule has 0 aromatic heterocycles. The highest BCUT2D eigenvalue weighted by Gasteiger charge is 2.31. The van der Waals surface area contributed by atoms with Gasteiger partial charge in [0.1, 0.15) is 0 Å². The zero-order valence-corrected chi connectivity index (χ0v) is 10.1. The van der Waals surface area contributed by atoms with Crippen LogP contribution in [0, 0.1) is 0 Å². The molecule has 2 atom stereocenters. The highest BCUT2D eigenvalue weighted by molar-refractivity contribution is 5.14. The van der Waals surface area contributed by atoms with Crippen molar-refractivity contribution in [2.24, 2.45) is 0 Å². The fraction of sp³-hybridized carbons (Fsp3) is 0.571. The third kappa shape index (κ3) is 3.06. The molecule has 0 unspecified atom stereocenters. The van der Waals surface area contributed by atoms with Gasteiger partial charge < -0.3 is 9.47 Å². The van der Waals surface area contributed by atoms with E-state index in [4.69, 9.17) is 9.47 Å². The monoisotopic (exact) mass is 220 g/mol. The number of ether oxygens (including phenoxy) is 2. The van der Waals surface area contributed by atoms with E-state index in [2.05, 4.69) is 31.2 Å². The maximum absolute atomic E-state index is 5.87. The van der Waals surface area contributed by atoms with Gasteiger partial charge in [0.15, 0.2) is 5.79 Å². The summed E-state index contributed by atoms with van der Waals surface area (Å²) in [5, 5.41) is 0. The summed E-state index contributed by atoms with van der Waals surface area (Å²) in [5.74, 6) is -0.395. The van der Waals surface area contributed by atoms with Crippen LogP contribution in [0.3, 0.4) is 0 Å². The highest BCUT2D eigenvalue weighted by atomic mass is 16.7. The number of hydrogen-bond acceptors (Lipinski definition) is 2. The smallest absolute Gasteiger partial charge is 0.166 e. The van der Waals surface area contributed by atoms with Crippen molar-refractivity contribution in [2.75, 3.05) is 6.61 Å². The predicted octanol–water partition coefficient (Wildman–Crippen LogP) is 3.16. The quantitative estimate of drug-likeness (QED) is 0.779. The fourth-order valence-electron chi connectivity index (χ4n) is 2.11. The van der Waals surface area contributed by atoms with Crippen LogP contribution in [0.1, 0.15) is 32.3 Å². The summed E-state index contributed by atoms with van der Waals surface area (Å²) in [7, 11) is 0. The predicted molar refractivity (Wildman–Crippen MR) is 64.3 cm³/mol. The Labute approximate surface area is 97.6 Å². The van der Waals surface area contributed by atoms with E-state index in [0.717, 1.165) is 25.9 Å². The summed E-state index contributed by atoms with van der Waals surface area (Å²) >= 11 is 0. The highest BCUT2D eigenvalue weighted by Crippen LogP contribution is 2.27. The third-order valence-corrected chi connectivity index (χ3v) is 3.09. The van der Waals surface area contributed by atoms with E-state index in [1.165, 1.54) is 5.56 Å². The Balaban J connectivity index is 1.89. The molecule has 0 bridgehead atoms. The van der Waals surface area contributed by atoms with Crippen molar-refractivity contribution < 1.29 is 9.47 Å². The summed E-state index contributed by atoms with van der Waals surface area (Å²) in [6.07, 6.45) is 3.24. The number of rotatable bonds is 3. The molecule has 16 heavy (non-hydrogen) atoms. The Kier molecular flexibility index (Phi) is 3.62. The van der Waals surface area contributed by atoms with E-state index < -0.39 is 5.79 Å². The van der Waals surface area contributed by atoms with E-state index in [1.807, 2.05) is 13.0 Å². The molecule has 0 N–H and O–H groups in total. The first-order valence-electron chi connectivity index (χ1n) is 6.04. The zero-order valence-electron chi connectivity index (χ0n) is 10.1. The zero-order chi connectivity index (χ0) is 11.4. The number of hydrogen-bond donors (Lipinski definition) is 0. The van der Waals surface area contributed by atoms with Crippen molar-refractivity contribution in [1.29, 1.82) is 0 Å². The largest absolute Gasteiger partial charge is 0.350 e. The minimum Gasteiger partial charge on any atom is -0.350 e. The Hall–Kier alpha value is -0.860. The molecule has 1 fully saturated rings. The lowest BCUT2D eigenvalue weighted by molar-refractivity contribution is -0.282. The molecule has 0 saturated carbocycles. The fourth-order valence-corrected chi connectivity index (χ4v) is 2.11. The van der Waals surface area contributed by atoms with Crippen molar-refractivity contribution in [3.05, 3.63) is 35.9 Å². The summed E-state index contributed by atoms with van der Waals surface area (Å²) in [5.41, 5.74) is 1.34. The maximum Gasteiger partial charge on any atom is 0.166 e. The van der Waals surface area contributed by atoms with Crippen LogP contribution in [0.25, 0.3) is 0 Å². The summed E-state index contributed by atoms with van der Waals surface area (Å²) < 4.78 is 11.6. The lowest BCUT2D eigenvalue weighted by atomic mass is 10.0. The van der Waals surface area contributed by atoms with Crippen LogP contribution >= 0.6 is 0 Å². The molecule has 1 aromatic rings. The van der Waals surface area contributed by atoms with Crippen LogP contribution < -0.4 is 0 Å². The average Bonchev–Trinajstić information content (AvgIpc) is 2.28. The Morgan fingerprint density at radius 1 is 1.31 bits per heavy atom. The lowest BCUT2D eigenvalue weighted by Crippen LogP contribution is -2.41. The lowest BCUT2D eigenvalue weighted by Gasteiger charge is -2.37. The van der Waals surface area contributed by atoms with Gasteiger partial charge in [0.2, 0.25) is 0 Å². The van der Waals surface area contributed by atoms with Gasteiger partial charge in [0.05, 0.1) is 12.7 Å². The van der Waals surface area contributed by atoms with Crippen molar-refractivity contribution in [3.63, 3.8) is 0 Å². The Morgan fingerprint density at radius 2 is 2.06 bits per heavy atom. The van der Waals surface area contributed by atoms with Crippen LogP contribution in [-0.2, 0) is 15.9 Å². The van der Waals surface area contributed by atoms with Crippen molar-refractivity contribution in [3.8, 4) is 0 Å². The van der Waals surface area contributed by atoms with Gasteiger partial charge in [-0.15, -0.1) is 0 Å². The molecule has 1 heterocycles. The molecule has 2 nitrogen and oxygen atoms in total. The van der Waals surface area contributed by atoms with E-state index in [9.17, 15) is 0 Å².